The molecule has 0 aliphatic rings. The number of rotatable bonds is 5. The van der Waals surface area contributed by atoms with E-state index in [0.29, 0.717) is 4.90 Å². The second kappa shape index (κ2) is 6.35. The number of carboxylic acid groups (broad SMARTS) is 1. The van der Waals surface area contributed by atoms with E-state index in [0.717, 1.165) is 15.1 Å². The summed E-state index contributed by atoms with van der Waals surface area (Å²) in [6, 6.07) is 3.34. The van der Waals surface area contributed by atoms with Gasteiger partial charge < -0.3 is 5.11 Å². The fraction of sp³-hybridized carbons (Fsp3) is 0.333. The van der Waals surface area contributed by atoms with Crippen molar-refractivity contribution in [2.45, 2.75) is 16.3 Å². The first kappa shape index (κ1) is 15.6. The number of tetrazole rings is 1. The predicted molar refractivity (Wildman–Crippen MR) is 81.3 cm³/mol. The summed E-state index contributed by atoms with van der Waals surface area (Å²) in [4.78, 5) is 24.8. The monoisotopic (exact) mass is 326 g/mol. The van der Waals surface area contributed by atoms with Crippen molar-refractivity contribution >= 4 is 29.5 Å². The van der Waals surface area contributed by atoms with Gasteiger partial charge >= 0.3 is 11.7 Å². The lowest BCUT2D eigenvalue weighted by molar-refractivity contribution is 0.0692. The number of aromatic nitrogens is 4. The van der Waals surface area contributed by atoms with Gasteiger partial charge in [-0.15, -0.1) is 23.5 Å². The summed E-state index contributed by atoms with van der Waals surface area (Å²) >= 11 is 2.85. The molecular weight excluding hydrogens is 312 g/mol. The third-order valence-corrected chi connectivity index (χ3v) is 4.66. The van der Waals surface area contributed by atoms with E-state index in [1.165, 1.54) is 35.3 Å². The average Bonchev–Trinajstić information content (AvgIpc) is 2.78. The van der Waals surface area contributed by atoms with Crippen molar-refractivity contribution in [3.05, 3.63) is 33.7 Å². The minimum atomic E-state index is -0.986. The highest BCUT2D eigenvalue weighted by molar-refractivity contribution is 7.99. The summed E-state index contributed by atoms with van der Waals surface area (Å²) in [7, 11) is 1.52. The molecule has 21 heavy (non-hydrogen) atoms. The van der Waals surface area contributed by atoms with Crippen LogP contribution in [0, 0.1) is 0 Å². The fourth-order valence-corrected chi connectivity index (χ4v) is 3.43. The van der Waals surface area contributed by atoms with Gasteiger partial charge in [-0.05, 0) is 35.1 Å². The maximum Gasteiger partial charge on any atom is 0.363 e. The third-order valence-electron chi connectivity index (χ3n) is 2.96. The number of aryl methyl sites for hydroxylation is 1. The van der Waals surface area contributed by atoms with Crippen LogP contribution in [0.3, 0.4) is 0 Å². The number of carboxylic acids is 1. The zero-order chi connectivity index (χ0) is 15.6. The van der Waals surface area contributed by atoms with Crippen molar-refractivity contribution in [2.75, 3.05) is 12.5 Å². The molecule has 1 aromatic heterocycles. The molecular formula is C12H14N4O3S2. The largest absolute Gasteiger partial charge is 0.478 e. The first-order valence-corrected chi connectivity index (χ1v) is 8.38. The molecule has 2 rings (SSSR count). The number of hydrogen-bond acceptors (Lipinski definition) is 6. The Morgan fingerprint density at radius 1 is 1.29 bits per heavy atom. The van der Waals surface area contributed by atoms with Crippen molar-refractivity contribution in [2.24, 2.45) is 7.05 Å². The fourth-order valence-electron chi connectivity index (χ4n) is 1.95. The molecule has 0 bridgehead atoms. The Morgan fingerprint density at radius 3 is 2.48 bits per heavy atom. The van der Waals surface area contributed by atoms with Crippen molar-refractivity contribution in [3.63, 3.8) is 0 Å². The van der Waals surface area contributed by atoms with E-state index < -0.39 is 5.97 Å². The first-order chi connectivity index (χ1) is 9.99. The van der Waals surface area contributed by atoms with Gasteiger partial charge in [0.1, 0.15) is 0 Å². The number of aromatic carboxylic acids is 1. The Bertz CT molecular complexity index is 739. The van der Waals surface area contributed by atoms with Gasteiger partial charge in [0, 0.05) is 22.4 Å². The standard InChI is InChI=1S/C12H14N4O3S2/c1-15-12(19)16(14-13-15)6-8-9(20-2)5-4-7(11(17)18)10(8)21-3/h4-5H,6H2,1-3H3,(H,17,18). The van der Waals surface area contributed by atoms with Crippen LogP contribution in [0.15, 0.2) is 26.7 Å². The van der Waals surface area contributed by atoms with Crippen molar-refractivity contribution in [1.29, 1.82) is 0 Å². The van der Waals surface area contributed by atoms with Gasteiger partial charge in [-0.1, -0.05) is 0 Å². The topological polar surface area (TPSA) is 90.0 Å². The second-order valence-electron chi connectivity index (χ2n) is 4.18. The molecule has 1 N–H and O–H groups in total. The Balaban J connectivity index is 2.59. The van der Waals surface area contributed by atoms with Gasteiger partial charge in [0.25, 0.3) is 0 Å². The van der Waals surface area contributed by atoms with Crippen LogP contribution >= 0.6 is 23.5 Å². The molecule has 7 nitrogen and oxygen atoms in total. The van der Waals surface area contributed by atoms with E-state index in [4.69, 9.17) is 0 Å². The minimum absolute atomic E-state index is 0.195. The van der Waals surface area contributed by atoms with E-state index in [-0.39, 0.29) is 17.8 Å². The van der Waals surface area contributed by atoms with Gasteiger partial charge in [-0.2, -0.15) is 9.36 Å². The van der Waals surface area contributed by atoms with Crippen molar-refractivity contribution in [3.8, 4) is 0 Å². The average molecular weight is 326 g/mol. The molecule has 1 aromatic carbocycles. The van der Waals surface area contributed by atoms with Crippen LogP contribution in [0.2, 0.25) is 0 Å². The third kappa shape index (κ3) is 2.98. The van der Waals surface area contributed by atoms with Gasteiger partial charge in [-0.3, -0.25) is 0 Å². The number of hydrogen-bond donors (Lipinski definition) is 1. The van der Waals surface area contributed by atoms with Gasteiger partial charge in [-0.25, -0.2) is 9.59 Å². The maximum atomic E-state index is 11.9. The molecule has 1 heterocycles. The SMILES string of the molecule is CSc1ccc(C(=O)O)c(SC)c1Cn1nnn(C)c1=O. The summed E-state index contributed by atoms with van der Waals surface area (Å²) in [5, 5.41) is 16.7. The molecule has 0 fully saturated rings. The smallest absolute Gasteiger partial charge is 0.363 e. The van der Waals surface area contributed by atoms with Crippen molar-refractivity contribution in [1.82, 2.24) is 19.8 Å². The van der Waals surface area contributed by atoms with Crippen LogP contribution in [-0.4, -0.2) is 43.4 Å². The molecule has 0 saturated carbocycles. The molecule has 0 saturated heterocycles. The highest BCUT2D eigenvalue weighted by Gasteiger charge is 2.18. The van der Waals surface area contributed by atoms with Crippen LogP contribution in [0.1, 0.15) is 15.9 Å². The van der Waals surface area contributed by atoms with E-state index in [1.54, 1.807) is 12.1 Å². The number of benzene rings is 1. The summed E-state index contributed by atoms with van der Waals surface area (Å²) < 4.78 is 2.36. The van der Waals surface area contributed by atoms with Gasteiger partial charge in [0.2, 0.25) is 0 Å². The molecule has 0 radical (unpaired) electrons. The molecule has 2 aromatic rings. The molecule has 0 atom stereocenters. The molecule has 0 amide bonds. The van der Waals surface area contributed by atoms with Crippen molar-refractivity contribution < 1.29 is 9.90 Å². The lowest BCUT2D eigenvalue weighted by atomic mass is 10.1. The highest BCUT2D eigenvalue weighted by atomic mass is 32.2. The Hall–Kier alpha value is -1.74. The zero-order valence-corrected chi connectivity index (χ0v) is 13.4. The molecule has 9 heteroatoms. The minimum Gasteiger partial charge on any atom is -0.478 e. The predicted octanol–water partition coefficient (Wildman–Crippen LogP) is 1.17. The molecule has 112 valence electrons. The Morgan fingerprint density at radius 2 is 2.00 bits per heavy atom. The lowest BCUT2D eigenvalue weighted by Crippen LogP contribution is -2.24. The lowest BCUT2D eigenvalue weighted by Gasteiger charge is -2.14. The van der Waals surface area contributed by atoms with Crippen LogP contribution in [-0.2, 0) is 13.6 Å². The zero-order valence-electron chi connectivity index (χ0n) is 11.7. The number of carbonyl (C=O) groups is 1. The first-order valence-electron chi connectivity index (χ1n) is 5.93. The van der Waals surface area contributed by atoms with E-state index >= 15 is 0 Å². The Labute approximate surface area is 129 Å². The van der Waals surface area contributed by atoms with Crippen LogP contribution in [0.4, 0.5) is 0 Å². The number of thioether (sulfide) groups is 2. The summed E-state index contributed by atoms with van der Waals surface area (Å²) in [6.45, 7) is 0.195. The Kier molecular flexibility index (Phi) is 4.73. The quantitative estimate of drug-likeness (QED) is 0.825. The highest BCUT2D eigenvalue weighted by Crippen LogP contribution is 2.32. The van der Waals surface area contributed by atoms with Gasteiger partial charge in [0.15, 0.2) is 0 Å². The summed E-state index contributed by atoms with van der Waals surface area (Å²) in [5.41, 5.74) is 0.666. The van der Waals surface area contributed by atoms with Crippen LogP contribution in [0.5, 0.6) is 0 Å². The van der Waals surface area contributed by atoms with Crippen LogP contribution in [0.25, 0.3) is 0 Å². The van der Waals surface area contributed by atoms with Crippen LogP contribution < -0.4 is 5.69 Å². The van der Waals surface area contributed by atoms with E-state index in [1.807, 2.05) is 12.5 Å². The molecule has 0 aliphatic carbocycles. The molecule has 0 aliphatic heterocycles. The van der Waals surface area contributed by atoms with E-state index in [9.17, 15) is 14.7 Å². The van der Waals surface area contributed by atoms with E-state index in [2.05, 4.69) is 10.4 Å². The summed E-state index contributed by atoms with van der Waals surface area (Å²) in [6.07, 6.45) is 3.72. The molecule has 0 spiro atoms. The van der Waals surface area contributed by atoms with Gasteiger partial charge in [0.05, 0.1) is 12.1 Å². The maximum absolute atomic E-state index is 11.9. The summed E-state index contributed by atoms with van der Waals surface area (Å²) in [5.74, 6) is -0.986. The number of nitrogens with zero attached hydrogens (tertiary/aromatic N) is 4. The normalized spacial score (nSPS) is 10.8. The molecule has 0 unspecified atom stereocenters. The second-order valence-corrected chi connectivity index (χ2v) is 5.84.